The fraction of sp³-hybridized carbons (Fsp3) is 0.391. The first-order chi connectivity index (χ1) is 13.0. The Morgan fingerprint density at radius 2 is 1.74 bits per heavy atom. The van der Waals surface area contributed by atoms with Gasteiger partial charge in [0.25, 0.3) is 5.56 Å². The van der Waals surface area contributed by atoms with Gasteiger partial charge in [-0.05, 0) is 62.1 Å². The summed E-state index contributed by atoms with van der Waals surface area (Å²) in [4.78, 5) is 18.1. The molecule has 0 saturated carbocycles. The van der Waals surface area contributed by atoms with Crippen molar-refractivity contribution in [1.82, 2.24) is 14.9 Å². The maximum absolute atomic E-state index is 13.3. The van der Waals surface area contributed by atoms with Crippen LogP contribution in [0, 0.1) is 5.92 Å². The van der Waals surface area contributed by atoms with E-state index >= 15 is 0 Å². The second kappa shape index (κ2) is 8.49. The quantitative estimate of drug-likeness (QED) is 0.665. The van der Waals surface area contributed by atoms with E-state index < -0.39 is 0 Å². The number of benzene rings is 2. The van der Waals surface area contributed by atoms with Crippen LogP contribution in [-0.2, 0) is 6.42 Å². The molecule has 0 amide bonds. The number of hydrogen-bond acceptors (Lipinski definition) is 3. The molecule has 0 unspecified atom stereocenters. The standard InChI is InChI=1S/C23H29N3O/c1-5-18-10-12-19(13-11-18)26-22(17(4)24-15-14-16(2)3)25-21-9-7-6-8-20(21)23(26)27/h6-13,16-17,24H,5,14-15H2,1-4H3/t17-/m0/s1. The number of nitrogens with one attached hydrogen (secondary N) is 1. The van der Waals surface area contributed by atoms with Crippen molar-refractivity contribution in [3.05, 3.63) is 70.3 Å². The van der Waals surface area contributed by atoms with Gasteiger partial charge in [0.2, 0.25) is 0 Å². The molecule has 3 aromatic rings. The van der Waals surface area contributed by atoms with E-state index in [2.05, 4.69) is 45.1 Å². The first-order valence-electron chi connectivity index (χ1n) is 9.85. The third-order valence-corrected chi connectivity index (χ3v) is 4.96. The zero-order chi connectivity index (χ0) is 19.4. The molecule has 1 atom stereocenters. The van der Waals surface area contributed by atoms with Crippen LogP contribution in [0.25, 0.3) is 16.6 Å². The molecule has 27 heavy (non-hydrogen) atoms. The highest BCUT2D eigenvalue weighted by molar-refractivity contribution is 5.77. The number of para-hydroxylation sites is 1. The lowest BCUT2D eigenvalue weighted by Crippen LogP contribution is -2.30. The van der Waals surface area contributed by atoms with Gasteiger partial charge in [0, 0.05) is 0 Å². The number of nitrogens with zero attached hydrogens (tertiary/aromatic N) is 2. The second-order valence-electron chi connectivity index (χ2n) is 7.51. The van der Waals surface area contributed by atoms with Gasteiger partial charge in [-0.25, -0.2) is 4.98 Å². The van der Waals surface area contributed by atoms with Crippen molar-refractivity contribution < 1.29 is 0 Å². The highest BCUT2D eigenvalue weighted by Crippen LogP contribution is 2.19. The van der Waals surface area contributed by atoms with E-state index in [1.54, 1.807) is 4.57 Å². The lowest BCUT2D eigenvalue weighted by molar-refractivity contribution is 0.479. The molecule has 2 aromatic carbocycles. The lowest BCUT2D eigenvalue weighted by Gasteiger charge is -2.20. The summed E-state index contributed by atoms with van der Waals surface area (Å²) in [5.41, 5.74) is 2.85. The SMILES string of the molecule is CCc1ccc(-n2c([C@H](C)NCCC(C)C)nc3ccccc3c2=O)cc1. The van der Waals surface area contributed by atoms with Crippen LogP contribution in [0.5, 0.6) is 0 Å². The predicted molar refractivity (Wildman–Crippen MR) is 113 cm³/mol. The van der Waals surface area contributed by atoms with Crippen molar-refractivity contribution in [2.24, 2.45) is 5.92 Å². The molecule has 1 aromatic heterocycles. The van der Waals surface area contributed by atoms with Gasteiger partial charge >= 0.3 is 0 Å². The fourth-order valence-electron chi connectivity index (χ4n) is 3.25. The Morgan fingerprint density at radius 1 is 1.04 bits per heavy atom. The molecule has 0 aliphatic rings. The van der Waals surface area contributed by atoms with Crippen LogP contribution in [0.4, 0.5) is 0 Å². The number of fused-ring (bicyclic) bond motifs is 1. The maximum atomic E-state index is 13.3. The van der Waals surface area contributed by atoms with E-state index in [4.69, 9.17) is 4.98 Å². The number of hydrogen-bond donors (Lipinski definition) is 1. The zero-order valence-electron chi connectivity index (χ0n) is 16.7. The van der Waals surface area contributed by atoms with Crippen molar-refractivity contribution in [2.45, 2.75) is 46.6 Å². The van der Waals surface area contributed by atoms with Crippen molar-refractivity contribution in [3.8, 4) is 5.69 Å². The average Bonchev–Trinajstić information content (AvgIpc) is 2.67. The third-order valence-electron chi connectivity index (χ3n) is 4.96. The van der Waals surface area contributed by atoms with Crippen LogP contribution in [0.3, 0.4) is 0 Å². The molecule has 0 aliphatic carbocycles. The van der Waals surface area contributed by atoms with Crippen LogP contribution in [-0.4, -0.2) is 16.1 Å². The van der Waals surface area contributed by atoms with Crippen molar-refractivity contribution >= 4 is 10.9 Å². The van der Waals surface area contributed by atoms with Gasteiger partial charge < -0.3 is 5.32 Å². The van der Waals surface area contributed by atoms with Crippen LogP contribution in [0.2, 0.25) is 0 Å². The molecule has 142 valence electrons. The summed E-state index contributed by atoms with van der Waals surface area (Å²) in [5, 5.41) is 4.18. The first-order valence-corrected chi connectivity index (χ1v) is 9.85. The van der Waals surface area contributed by atoms with Crippen molar-refractivity contribution in [2.75, 3.05) is 6.54 Å². The summed E-state index contributed by atoms with van der Waals surface area (Å²) >= 11 is 0. The van der Waals surface area contributed by atoms with E-state index in [-0.39, 0.29) is 11.6 Å². The minimum absolute atomic E-state index is 0.0163. The van der Waals surface area contributed by atoms with E-state index in [0.717, 1.165) is 36.4 Å². The Morgan fingerprint density at radius 3 is 2.41 bits per heavy atom. The van der Waals surface area contributed by atoms with Crippen LogP contribution < -0.4 is 10.9 Å². The third kappa shape index (κ3) is 4.28. The zero-order valence-corrected chi connectivity index (χ0v) is 16.7. The number of aryl methyl sites for hydroxylation is 1. The van der Waals surface area contributed by atoms with Gasteiger partial charge in [0.15, 0.2) is 0 Å². The van der Waals surface area contributed by atoms with Crippen LogP contribution in [0.1, 0.15) is 51.5 Å². The van der Waals surface area contributed by atoms with Crippen molar-refractivity contribution in [3.63, 3.8) is 0 Å². The van der Waals surface area contributed by atoms with Crippen LogP contribution in [0.15, 0.2) is 53.3 Å². The molecule has 0 bridgehead atoms. The summed E-state index contributed by atoms with van der Waals surface area (Å²) in [6.45, 7) is 9.53. The van der Waals surface area contributed by atoms with E-state index in [1.165, 1.54) is 5.56 Å². The molecular formula is C23H29N3O. The first kappa shape index (κ1) is 19.3. The number of rotatable bonds is 7. The summed E-state index contributed by atoms with van der Waals surface area (Å²) in [6.07, 6.45) is 2.07. The summed E-state index contributed by atoms with van der Waals surface area (Å²) in [7, 11) is 0. The highest BCUT2D eigenvalue weighted by Gasteiger charge is 2.17. The smallest absolute Gasteiger partial charge is 0.266 e. The van der Waals surface area contributed by atoms with Gasteiger partial charge in [0.1, 0.15) is 5.82 Å². The Hall–Kier alpha value is -2.46. The Balaban J connectivity index is 2.10. The minimum atomic E-state index is -0.0214. The monoisotopic (exact) mass is 363 g/mol. The maximum Gasteiger partial charge on any atom is 0.266 e. The molecule has 0 saturated heterocycles. The van der Waals surface area contributed by atoms with Gasteiger partial charge in [-0.1, -0.05) is 45.0 Å². The summed E-state index contributed by atoms with van der Waals surface area (Å²) in [5.74, 6) is 1.39. The largest absolute Gasteiger partial charge is 0.308 e. The Kier molecular flexibility index (Phi) is 6.07. The molecule has 1 heterocycles. The second-order valence-corrected chi connectivity index (χ2v) is 7.51. The molecular weight excluding hydrogens is 334 g/mol. The van der Waals surface area contributed by atoms with Crippen molar-refractivity contribution in [1.29, 1.82) is 0 Å². The molecule has 0 fully saturated rings. The molecule has 1 N–H and O–H groups in total. The Bertz CT molecular complexity index is 958. The van der Waals surface area contributed by atoms with E-state index in [1.807, 2.05) is 36.4 Å². The van der Waals surface area contributed by atoms with E-state index in [9.17, 15) is 4.79 Å². The predicted octanol–water partition coefficient (Wildman–Crippen LogP) is 4.64. The molecule has 0 aliphatic heterocycles. The molecule has 4 nitrogen and oxygen atoms in total. The molecule has 4 heteroatoms. The van der Waals surface area contributed by atoms with Gasteiger partial charge in [0.05, 0.1) is 22.6 Å². The van der Waals surface area contributed by atoms with Gasteiger partial charge in [-0.2, -0.15) is 0 Å². The fourth-order valence-corrected chi connectivity index (χ4v) is 3.25. The summed E-state index contributed by atoms with van der Waals surface area (Å²) < 4.78 is 1.76. The summed E-state index contributed by atoms with van der Waals surface area (Å²) in [6, 6.07) is 15.7. The molecule has 0 radical (unpaired) electrons. The lowest BCUT2D eigenvalue weighted by atomic mass is 10.1. The normalized spacial score (nSPS) is 12.6. The Labute approximate surface area is 161 Å². The highest BCUT2D eigenvalue weighted by atomic mass is 16.1. The average molecular weight is 364 g/mol. The van der Waals surface area contributed by atoms with Crippen LogP contribution >= 0.6 is 0 Å². The topological polar surface area (TPSA) is 46.9 Å². The minimum Gasteiger partial charge on any atom is -0.308 e. The van der Waals surface area contributed by atoms with Gasteiger partial charge in [-0.3, -0.25) is 9.36 Å². The molecule has 0 spiro atoms. The van der Waals surface area contributed by atoms with E-state index in [0.29, 0.717) is 11.3 Å². The van der Waals surface area contributed by atoms with Gasteiger partial charge in [-0.15, -0.1) is 0 Å². The number of aromatic nitrogens is 2. The molecule has 3 rings (SSSR count).